The fourth-order valence-electron chi connectivity index (χ4n) is 2.12. The van der Waals surface area contributed by atoms with E-state index in [1.165, 1.54) is 22.3 Å². The molecule has 1 unspecified atom stereocenters. The molecule has 2 rings (SSSR count). The Labute approximate surface area is 93.7 Å². The van der Waals surface area contributed by atoms with Crippen LogP contribution in [0.25, 0.3) is 6.08 Å². The van der Waals surface area contributed by atoms with Gasteiger partial charge in [0.05, 0.1) is 0 Å². The van der Waals surface area contributed by atoms with Gasteiger partial charge in [0.1, 0.15) is 0 Å². The summed E-state index contributed by atoms with van der Waals surface area (Å²) in [6, 6.07) is 4.53. The number of benzene rings is 1. The van der Waals surface area contributed by atoms with Gasteiger partial charge in [-0.05, 0) is 30.5 Å². The average molecular weight is 166 g/mol. The fourth-order valence-corrected chi connectivity index (χ4v) is 2.12. The van der Waals surface area contributed by atoms with Gasteiger partial charge in [-0.3, -0.25) is 0 Å². The molecule has 1 aliphatic carbocycles. The first-order valence-electron chi connectivity index (χ1n) is 4.48. The maximum atomic E-state index is 2.27. The number of hydrogen-bond acceptors (Lipinski definition) is 0. The first-order chi connectivity index (χ1) is 5.68. The second-order valence-electron chi connectivity index (χ2n) is 3.73. The zero-order valence-electron chi connectivity index (χ0n) is 9.89. The van der Waals surface area contributed by atoms with Crippen molar-refractivity contribution in [2.24, 2.45) is 0 Å². The zero-order valence-corrected chi connectivity index (χ0v) is 8.89. The summed E-state index contributed by atoms with van der Waals surface area (Å²) in [7, 11) is 0. The molecule has 13 heavy (non-hydrogen) atoms. The third-order valence-corrected chi connectivity index (χ3v) is 2.58. The van der Waals surface area contributed by atoms with E-state index in [9.17, 15) is 0 Å². The maximum absolute atomic E-state index is 2.27. The summed E-state index contributed by atoms with van der Waals surface area (Å²) in [5, 5.41) is 0. The van der Waals surface area contributed by atoms with Crippen LogP contribution in [0.5, 0.6) is 0 Å². The van der Waals surface area contributed by atoms with Crippen molar-refractivity contribution in [2.75, 3.05) is 0 Å². The Morgan fingerprint density at radius 1 is 1.23 bits per heavy atom. The van der Waals surface area contributed by atoms with Gasteiger partial charge >= 0.3 is 18.9 Å². The minimum atomic E-state index is 0. The van der Waals surface area contributed by atoms with Crippen LogP contribution in [0, 0.1) is 13.8 Å². The Hall–Kier alpha value is -0.443. The summed E-state index contributed by atoms with van der Waals surface area (Å²) in [6.07, 6.45) is 4.51. The maximum Gasteiger partial charge on any atom is 1.00 e. The first kappa shape index (κ1) is 10.6. The number of hydrogen-bond donors (Lipinski definition) is 0. The topological polar surface area (TPSA) is 0 Å². The van der Waals surface area contributed by atoms with Crippen molar-refractivity contribution < 1.29 is 20.3 Å². The van der Waals surface area contributed by atoms with Gasteiger partial charge in [-0.2, -0.15) is 0 Å². The van der Waals surface area contributed by atoms with Crippen LogP contribution in [0.4, 0.5) is 0 Å². The van der Waals surface area contributed by atoms with Gasteiger partial charge in [0.25, 0.3) is 0 Å². The molecule has 0 saturated heterocycles. The van der Waals surface area contributed by atoms with Gasteiger partial charge in [-0.25, -0.2) is 0 Å². The van der Waals surface area contributed by atoms with Gasteiger partial charge in [-0.1, -0.05) is 36.8 Å². The minimum Gasteiger partial charge on any atom is -1.00 e. The zero-order chi connectivity index (χ0) is 8.72. The van der Waals surface area contributed by atoms with Gasteiger partial charge in [0.2, 0.25) is 0 Å². The standard InChI is InChI=1S/C12H14.Li.H/c1-8-6-10(3)12-9(2)4-5-11(12)7-8;;/h4-7,9H,1-3H3;;/q;+1;-1. The van der Waals surface area contributed by atoms with Crippen molar-refractivity contribution in [2.45, 2.75) is 26.7 Å². The Balaban J connectivity index is 0.000000845. The molecule has 0 amide bonds. The van der Waals surface area contributed by atoms with Gasteiger partial charge in [0.15, 0.2) is 0 Å². The summed E-state index contributed by atoms with van der Waals surface area (Å²) < 4.78 is 0. The Morgan fingerprint density at radius 2 is 1.92 bits per heavy atom. The van der Waals surface area contributed by atoms with E-state index in [4.69, 9.17) is 0 Å². The Kier molecular flexibility index (Phi) is 3.06. The van der Waals surface area contributed by atoms with Crippen molar-refractivity contribution >= 4 is 6.08 Å². The van der Waals surface area contributed by atoms with Crippen molar-refractivity contribution in [3.8, 4) is 0 Å². The fraction of sp³-hybridized carbons (Fsp3) is 0.333. The van der Waals surface area contributed by atoms with E-state index in [2.05, 4.69) is 45.1 Å². The van der Waals surface area contributed by atoms with Crippen LogP contribution in [0.1, 0.15) is 36.5 Å². The molecule has 0 spiro atoms. The molecule has 1 aromatic rings. The summed E-state index contributed by atoms with van der Waals surface area (Å²) in [5.74, 6) is 0.612. The Bertz CT molecular complexity index is 356. The molecular formula is C12H15Li. The van der Waals surface area contributed by atoms with Gasteiger partial charge in [0, 0.05) is 5.92 Å². The molecule has 1 heteroatoms. The van der Waals surface area contributed by atoms with Crippen LogP contribution in [-0.2, 0) is 0 Å². The van der Waals surface area contributed by atoms with E-state index in [1.54, 1.807) is 0 Å². The predicted octanol–water partition coefficient (Wildman–Crippen LogP) is 0.550. The molecule has 0 saturated carbocycles. The third kappa shape index (κ3) is 1.75. The summed E-state index contributed by atoms with van der Waals surface area (Å²) in [5.41, 5.74) is 5.73. The minimum absolute atomic E-state index is 0. The average Bonchev–Trinajstić information content (AvgIpc) is 2.31. The molecule has 0 heterocycles. The van der Waals surface area contributed by atoms with Crippen LogP contribution in [0.2, 0.25) is 0 Å². The molecule has 1 aliphatic rings. The molecule has 0 aromatic heterocycles. The van der Waals surface area contributed by atoms with Gasteiger partial charge in [-0.15, -0.1) is 0 Å². The third-order valence-electron chi connectivity index (χ3n) is 2.58. The van der Waals surface area contributed by atoms with Crippen LogP contribution < -0.4 is 18.9 Å². The number of rotatable bonds is 0. The largest absolute Gasteiger partial charge is 1.00 e. The summed E-state index contributed by atoms with van der Waals surface area (Å²) >= 11 is 0. The molecule has 64 valence electrons. The molecule has 1 atom stereocenters. The van der Waals surface area contributed by atoms with Crippen molar-refractivity contribution in [3.63, 3.8) is 0 Å². The van der Waals surface area contributed by atoms with Crippen molar-refractivity contribution in [1.29, 1.82) is 0 Å². The molecule has 0 radical (unpaired) electrons. The van der Waals surface area contributed by atoms with Crippen molar-refractivity contribution in [3.05, 3.63) is 40.5 Å². The van der Waals surface area contributed by atoms with Crippen molar-refractivity contribution in [1.82, 2.24) is 0 Å². The molecule has 1 aromatic carbocycles. The molecule has 0 aliphatic heterocycles. The van der Waals surface area contributed by atoms with Crippen LogP contribution in [0.3, 0.4) is 0 Å². The number of allylic oxidation sites excluding steroid dienone is 1. The second-order valence-corrected chi connectivity index (χ2v) is 3.73. The SMILES string of the molecule is Cc1cc(C)c2c(c1)C=CC2C.[H-].[Li+]. The van der Waals surface area contributed by atoms with Crippen LogP contribution in [-0.4, -0.2) is 0 Å². The molecular weight excluding hydrogens is 151 g/mol. The predicted molar refractivity (Wildman–Crippen MR) is 54.5 cm³/mol. The normalized spacial score (nSPS) is 18.2. The Morgan fingerprint density at radius 3 is 2.62 bits per heavy atom. The molecule has 0 nitrogen and oxygen atoms in total. The monoisotopic (exact) mass is 166 g/mol. The quantitative estimate of drug-likeness (QED) is 0.494. The molecule has 0 N–H and O–H groups in total. The van der Waals surface area contributed by atoms with E-state index in [-0.39, 0.29) is 20.3 Å². The van der Waals surface area contributed by atoms with Crippen LogP contribution in [0.15, 0.2) is 18.2 Å². The van der Waals surface area contributed by atoms with E-state index < -0.39 is 0 Å². The number of aryl methyl sites for hydroxylation is 2. The van der Waals surface area contributed by atoms with E-state index in [0.717, 1.165) is 0 Å². The summed E-state index contributed by atoms with van der Waals surface area (Å²) in [4.78, 5) is 0. The molecule has 0 fully saturated rings. The molecule has 0 bridgehead atoms. The summed E-state index contributed by atoms with van der Waals surface area (Å²) in [6.45, 7) is 6.62. The number of fused-ring (bicyclic) bond motifs is 1. The smallest absolute Gasteiger partial charge is 1.00 e. The van der Waals surface area contributed by atoms with Crippen LogP contribution >= 0.6 is 0 Å². The van der Waals surface area contributed by atoms with Gasteiger partial charge < -0.3 is 1.43 Å². The first-order valence-corrected chi connectivity index (χ1v) is 4.48. The van der Waals surface area contributed by atoms with E-state index >= 15 is 0 Å². The second kappa shape index (κ2) is 3.74. The van der Waals surface area contributed by atoms with E-state index in [1.807, 2.05) is 0 Å². The van der Waals surface area contributed by atoms with E-state index in [0.29, 0.717) is 5.92 Å².